The lowest BCUT2D eigenvalue weighted by Gasteiger charge is -2.29. The number of hydrogen-bond donors (Lipinski definition) is 2. The number of aromatic nitrogens is 2. The van der Waals surface area contributed by atoms with Crippen molar-refractivity contribution in [3.05, 3.63) is 52.6 Å². The van der Waals surface area contributed by atoms with Gasteiger partial charge in [-0.3, -0.25) is 14.4 Å². The van der Waals surface area contributed by atoms with Crippen molar-refractivity contribution in [3.8, 4) is 0 Å². The molecule has 2 heterocycles. The van der Waals surface area contributed by atoms with Gasteiger partial charge in [0.1, 0.15) is 5.82 Å². The Morgan fingerprint density at radius 3 is 2.80 bits per heavy atom. The van der Waals surface area contributed by atoms with Crippen LogP contribution < -0.4 is 10.6 Å². The molecule has 2 aliphatic rings. The predicted octanol–water partition coefficient (Wildman–Crippen LogP) is 1.27. The molecular formula is C22H30FN5O2. The molecule has 0 radical (unpaired) electrons. The minimum absolute atomic E-state index is 0.176. The molecule has 4 rings (SSSR count). The van der Waals surface area contributed by atoms with E-state index in [2.05, 4.69) is 20.6 Å². The maximum atomic E-state index is 13.1. The van der Waals surface area contributed by atoms with Crippen LogP contribution in [0.4, 0.5) is 4.39 Å². The first-order chi connectivity index (χ1) is 14.6. The van der Waals surface area contributed by atoms with Crippen LogP contribution in [0.2, 0.25) is 0 Å². The molecule has 1 amide bonds. The topological polar surface area (TPSA) is 71.4 Å². The summed E-state index contributed by atoms with van der Waals surface area (Å²) in [5, 5.41) is 11.1. The molecule has 1 aromatic heterocycles. The number of morpholine rings is 1. The second-order valence-electron chi connectivity index (χ2n) is 8.05. The van der Waals surface area contributed by atoms with Crippen molar-refractivity contribution >= 4 is 5.91 Å². The number of halogens is 1. The molecule has 0 saturated carbocycles. The highest BCUT2D eigenvalue weighted by Gasteiger charge is 2.28. The van der Waals surface area contributed by atoms with Gasteiger partial charge in [-0.05, 0) is 37.0 Å². The number of aryl methyl sites for hydroxylation is 1. The van der Waals surface area contributed by atoms with Gasteiger partial charge in [0.2, 0.25) is 0 Å². The highest BCUT2D eigenvalue weighted by molar-refractivity contribution is 5.94. The van der Waals surface area contributed by atoms with Crippen molar-refractivity contribution in [1.82, 2.24) is 25.3 Å². The van der Waals surface area contributed by atoms with E-state index in [0.717, 1.165) is 75.5 Å². The van der Waals surface area contributed by atoms with Gasteiger partial charge in [-0.15, -0.1) is 0 Å². The maximum Gasteiger partial charge on any atom is 0.272 e. The van der Waals surface area contributed by atoms with Gasteiger partial charge >= 0.3 is 0 Å². The lowest BCUT2D eigenvalue weighted by Crippen LogP contribution is -2.43. The zero-order valence-corrected chi connectivity index (χ0v) is 17.5. The Morgan fingerprint density at radius 1 is 1.27 bits per heavy atom. The summed E-state index contributed by atoms with van der Waals surface area (Å²) >= 11 is 0. The van der Waals surface area contributed by atoms with E-state index < -0.39 is 0 Å². The van der Waals surface area contributed by atoms with E-state index in [9.17, 15) is 9.18 Å². The summed E-state index contributed by atoms with van der Waals surface area (Å²) in [5.74, 6) is -0.457. The molecule has 30 heavy (non-hydrogen) atoms. The third-order valence-corrected chi connectivity index (χ3v) is 6.00. The number of carbonyl (C=O) groups excluding carboxylic acids is 1. The van der Waals surface area contributed by atoms with Gasteiger partial charge in [0.05, 0.1) is 13.2 Å². The number of amides is 1. The van der Waals surface area contributed by atoms with Crippen LogP contribution in [0.5, 0.6) is 0 Å². The Hall–Kier alpha value is -2.29. The van der Waals surface area contributed by atoms with Gasteiger partial charge in [0, 0.05) is 57.1 Å². The average Bonchev–Trinajstić information content (AvgIpc) is 3.10. The molecule has 1 aromatic carbocycles. The molecule has 1 saturated heterocycles. The minimum atomic E-state index is -0.281. The van der Waals surface area contributed by atoms with Crippen LogP contribution in [0.3, 0.4) is 0 Å². The van der Waals surface area contributed by atoms with Gasteiger partial charge < -0.3 is 15.4 Å². The van der Waals surface area contributed by atoms with E-state index in [-0.39, 0.29) is 11.7 Å². The Morgan fingerprint density at radius 2 is 2.03 bits per heavy atom. The average molecular weight is 416 g/mol. The van der Waals surface area contributed by atoms with Gasteiger partial charge in [-0.2, -0.15) is 5.10 Å². The quantitative estimate of drug-likeness (QED) is 0.713. The molecule has 1 atom stereocenters. The van der Waals surface area contributed by atoms with E-state index in [1.54, 1.807) is 12.1 Å². The first-order valence-corrected chi connectivity index (χ1v) is 10.7. The Kier molecular flexibility index (Phi) is 6.76. The van der Waals surface area contributed by atoms with Crippen molar-refractivity contribution in [2.45, 2.75) is 31.8 Å². The summed E-state index contributed by atoms with van der Waals surface area (Å²) in [6.45, 7) is 5.94. The molecular weight excluding hydrogens is 385 g/mol. The number of fused-ring (bicyclic) bond motifs is 1. The SMILES string of the molecule is Cn1nc(C(=O)NCc2ccc(F)cc2)c2c1CCC(NCCN1CCOCC1)C2. The number of nitrogens with zero attached hydrogens (tertiary/aromatic N) is 3. The molecule has 0 bridgehead atoms. The van der Waals surface area contributed by atoms with Gasteiger partial charge in [0.25, 0.3) is 5.91 Å². The van der Waals surface area contributed by atoms with Crippen molar-refractivity contribution in [2.24, 2.45) is 7.05 Å². The molecule has 1 aliphatic carbocycles. The summed E-state index contributed by atoms with van der Waals surface area (Å²) in [6, 6.07) is 6.51. The molecule has 1 aliphatic heterocycles. The fourth-order valence-electron chi connectivity index (χ4n) is 4.27. The number of rotatable bonds is 7. The zero-order valence-electron chi connectivity index (χ0n) is 17.5. The van der Waals surface area contributed by atoms with Gasteiger partial charge in [-0.25, -0.2) is 4.39 Å². The molecule has 2 N–H and O–H groups in total. The predicted molar refractivity (Wildman–Crippen MR) is 112 cm³/mol. The third-order valence-electron chi connectivity index (χ3n) is 6.00. The fourth-order valence-corrected chi connectivity index (χ4v) is 4.27. The van der Waals surface area contributed by atoms with E-state index in [1.807, 2.05) is 11.7 Å². The molecule has 2 aromatic rings. The van der Waals surface area contributed by atoms with Crippen LogP contribution in [0.1, 0.15) is 33.7 Å². The smallest absolute Gasteiger partial charge is 0.272 e. The molecule has 8 heteroatoms. The maximum absolute atomic E-state index is 13.1. The van der Waals surface area contributed by atoms with Gasteiger partial charge in [0.15, 0.2) is 5.69 Å². The minimum Gasteiger partial charge on any atom is -0.379 e. The molecule has 1 fully saturated rings. The number of carbonyl (C=O) groups is 1. The van der Waals surface area contributed by atoms with Crippen molar-refractivity contribution < 1.29 is 13.9 Å². The van der Waals surface area contributed by atoms with E-state index in [4.69, 9.17) is 4.74 Å². The lowest BCUT2D eigenvalue weighted by molar-refractivity contribution is 0.0381. The van der Waals surface area contributed by atoms with Crippen molar-refractivity contribution in [3.63, 3.8) is 0 Å². The Labute approximate surface area is 176 Å². The highest BCUT2D eigenvalue weighted by atomic mass is 19.1. The molecule has 162 valence electrons. The summed E-state index contributed by atoms with van der Waals surface area (Å²) in [4.78, 5) is 15.2. The fraction of sp³-hybridized carbons (Fsp3) is 0.545. The summed E-state index contributed by atoms with van der Waals surface area (Å²) < 4.78 is 20.3. The standard InChI is InChI=1S/C22H30FN5O2/c1-27-20-7-6-18(24-8-9-28-10-12-30-13-11-28)14-19(20)21(26-27)22(29)25-15-16-2-4-17(23)5-3-16/h2-5,18,24H,6-15H2,1H3,(H,25,29). The van der Waals surface area contributed by atoms with Gasteiger partial charge in [-0.1, -0.05) is 12.1 Å². The first kappa shape index (κ1) is 21.0. The second-order valence-corrected chi connectivity index (χ2v) is 8.05. The number of hydrogen-bond acceptors (Lipinski definition) is 5. The van der Waals surface area contributed by atoms with Crippen molar-refractivity contribution in [1.29, 1.82) is 0 Å². The van der Waals surface area contributed by atoms with E-state index in [0.29, 0.717) is 18.3 Å². The van der Waals surface area contributed by atoms with Crippen LogP contribution >= 0.6 is 0 Å². The second kappa shape index (κ2) is 9.68. The third kappa shape index (κ3) is 5.06. The normalized spacial score (nSPS) is 19.5. The van der Waals surface area contributed by atoms with Crippen LogP contribution in [-0.4, -0.2) is 66.0 Å². The summed E-state index contributed by atoms with van der Waals surface area (Å²) in [7, 11) is 1.90. The van der Waals surface area contributed by atoms with Crippen LogP contribution in [-0.2, 0) is 31.2 Å². The molecule has 7 nitrogen and oxygen atoms in total. The Bertz CT molecular complexity index is 861. The first-order valence-electron chi connectivity index (χ1n) is 10.7. The largest absolute Gasteiger partial charge is 0.379 e. The molecule has 1 unspecified atom stereocenters. The zero-order chi connectivity index (χ0) is 20.9. The van der Waals surface area contributed by atoms with Crippen LogP contribution in [0.15, 0.2) is 24.3 Å². The lowest BCUT2D eigenvalue weighted by atomic mass is 9.91. The highest BCUT2D eigenvalue weighted by Crippen LogP contribution is 2.24. The summed E-state index contributed by atoms with van der Waals surface area (Å²) in [5.41, 5.74) is 3.56. The van der Waals surface area contributed by atoms with E-state index >= 15 is 0 Å². The van der Waals surface area contributed by atoms with Crippen LogP contribution in [0.25, 0.3) is 0 Å². The van der Waals surface area contributed by atoms with Crippen molar-refractivity contribution in [2.75, 3.05) is 39.4 Å². The van der Waals surface area contributed by atoms with E-state index in [1.165, 1.54) is 12.1 Å². The Balaban J connectivity index is 1.33. The number of benzene rings is 1. The summed E-state index contributed by atoms with van der Waals surface area (Å²) in [6.07, 6.45) is 2.77. The monoisotopic (exact) mass is 415 g/mol. The van der Waals surface area contributed by atoms with Crippen LogP contribution in [0, 0.1) is 5.82 Å². The molecule has 0 spiro atoms. The number of ether oxygens (including phenoxy) is 1. The number of nitrogens with one attached hydrogen (secondary N) is 2.